The van der Waals surface area contributed by atoms with E-state index in [4.69, 9.17) is 0 Å². The van der Waals surface area contributed by atoms with Crippen LogP contribution in [0.1, 0.15) is 31.5 Å². The summed E-state index contributed by atoms with van der Waals surface area (Å²) in [4.78, 5) is 16.2. The van der Waals surface area contributed by atoms with E-state index in [9.17, 15) is 4.79 Å². The summed E-state index contributed by atoms with van der Waals surface area (Å²) in [6.07, 6.45) is 5.83. The quantitative estimate of drug-likeness (QED) is 0.758. The van der Waals surface area contributed by atoms with Gasteiger partial charge in [0.25, 0.3) is 0 Å². The highest BCUT2D eigenvalue weighted by molar-refractivity contribution is 5.75. The Labute approximate surface area is 114 Å². The molecule has 0 bridgehead atoms. The average molecular weight is 265 g/mol. The maximum absolute atomic E-state index is 12.0. The van der Waals surface area contributed by atoms with Crippen LogP contribution in [0.25, 0.3) is 0 Å². The minimum atomic E-state index is 0.183. The zero-order valence-corrected chi connectivity index (χ0v) is 11.9. The topological polar surface area (TPSA) is 54.3 Å². The molecule has 0 N–H and O–H groups in total. The highest BCUT2D eigenvalue weighted by Crippen LogP contribution is 2.09. The fourth-order valence-corrected chi connectivity index (χ4v) is 2.40. The summed E-state index contributed by atoms with van der Waals surface area (Å²) in [6, 6.07) is 0. The number of aryl methyl sites for hydroxylation is 1. The smallest absolute Gasteiger partial charge is 0.222 e. The number of aromatic nitrogens is 3. The largest absolute Gasteiger partial charge is 0.338 e. The van der Waals surface area contributed by atoms with Crippen LogP contribution in [-0.2, 0) is 18.4 Å². The van der Waals surface area contributed by atoms with Crippen LogP contribution < -0.4 is 0 Å². The number of rotatable bonds is 6. The number of nitrogens with zero attached hydrogens (tertiary/aromatic N) is 5. The molecule has 0 atom stereocenters. The Morgan fingerprint density at radius 3 is 2.79 bits per heavy atom. The van der Waals surface area contributed by atoms with Crippen LogP contribution in [0.3, 0.4) is 0 Å². The van der Waals surface area contributed by atoms with Crippen LogP contribution in [0.15, 0.2) is 6.33 Å². The van der Waals surface area contributed by atoms with Gasteiger partial charge in [0.1, 0.15) is 6.33 Å². The van der Waals surface area contributed by atoms with E-state index in [1.165, 1.54) is 25.9 Å². The zero-order valence-electron chi connectivity index (χ0n) is 11.9. The van der Waals surface area contributed by atoms with Gasteiger partial charge in [-0.2, -0.15) is 0 Å². The molecule has 0 aromatic carbocycles. The molecule has 6 nitrogen and oxygen atoms in total. The molecular formula is C13H23N5O. The third-order valence-corrected chi connectivity index (χ3v) is 3.67. The Morgan fingerprint density at radius 2 is 2.16 bits per heavy atom. The van der Waals surface area contributed by atoms with Crippen LogP contribution in [0.2, 0.25) is 0 Å². The maximum atomic E-state index is 12.0. The second-order valence-electron chi connectivity index (χ2n) is 5.26. The van der Waals surface area contributed by atoms with Gasteiger partial charge in [0.2, 0.25) is 5.91 Å². The van der Waals surface area contributed by atoms with Crippen molar-refractivity contribution in [2.45, 2.75) is 32.2 Å². The van der Waals surface area contributed by atoms with Crippen LogP contribution in [0.5, 0.6) is 0 Å². The van der Waals surface area contributed by atoms with Crippen molar-refractivity contribution >= 4 is 5.91 Å². The molecule has 19 heavy (non-hydrogen) atoms. The second kappa shape index (κ2) is 6.65. The molecule has 1 aliphatic rings. The predicted octanol–water partition coefficient (Wildman–Crippen LogP) is 0.649. The number of hydrogen-bond donors (Lipinski definition) is 0. The summed E-state index contributed by atoms with van der Waals surface area (Å²) in [5.41, 5.74) is 0. The van der Waals surface area contributed by atoms with E-state index in [1.54, 1.807) is 11.2 Å². The first-order chi connectivity index (χ1) is 9.16. The number of likely N-dealkylation sites (tertiary alicyclic amines) is 1. The third kappa shape index (κ3) is 4.02. The van der Waals surface area contributed by atoms with Crippen molar-refractivity contribution in [3.8, 4) is 0 Å². The van der Waals surface area contributed by atoms with Crippen LogP contribution in [0.4, 0.5) is 0 Å². The average Bonchev–Trinajstić information content (AvgIpc) is 3.02. The van der Waals surface area contributed by atoms with Gasteiger partial charge in [-0.3, -0.25) is 4.79 Å². The monoisotopic (exact) mass is 265 g/mol. The molecule has 1 aromatic rings. The number of hydrogen-bond acceptors (Lipinski definition) is 4. The molecule has 2 rings (SSSR count). The van der Waals surface area contributed by atoms with Crippen molar-refractivity contribution < 1.29 is 4.79 Å². The fourth-order valence-electron chi connectivity index (χ4n) is 2.40. The van der Waals surface area contributed by atoms with E-state index in [0.717, 1.165) is 18.8 Å². The minimum Gasteiger partial charge on any atom is -0.338 e. The summed E-state index contributed by atoms with van der Waals surface area (Å²) in [7, 11) is 3.72. The Kier molecular flexibility index (Phi) is 4.90. The third-order valence-electron chi connectivity index (χ3n) is 3.67. The lowest BCUT2D eigenvalue weighted by atomic mass is 10.2. The summed E-state index contributed by atoms with van der Waals surface area (Å²) in [6.45, 7) is 3.97. The van der Waals surface area contributed by atoms with Gasteiger partial charge in [-0.25, -0.2) is 0 Å². The van der Waals surface area contributed by atoms with E-state index in [0.29, 0.717) is 13.0 Å². The Balaban J connectivity index is 1.68. The molecule has 2 heterocycles. The van der Waals surface area contributed by atoms with Crippen molar-refractivity contribution in [2.75, 3.05) is 26.7 Å². The van der Waals surface area contributed by atoms with Gasteiger partial charge in [0, 0.05) is 20.5 Å². The number of carbonyl (C=O) groups is 1. The molecule has 0 unspecified atom stereocenters. The van der Waals surface area contributed by atoms with Gasteiger partial charge in [0.15, 0.2) is 5.82 Å². The molecule has 0 saturated carbocycles. The second-order valence-corrected chi connectivity index (χ2v) is 5.26. The van der Waals surface area contributed by atoms with Crippen molar-refractivity contribution in [2.24, 2.45) is 7.05 Å². The standard InChI is InChI=1S/C13H23N5O/c1-16(10-12-15-14-11-17(12)2)13(19)6-5-9-18-7-3-4-8-18/h11H,3-10H2,1-2H3. The van der Waals surface area contributed by atoms with Gasteiger partial charge in [-0.05, 0) is 38.9 Å². The van der Waals surface area contributed by atoms with Crippen LogP contribution in [-0.4, -0.2) is 57.2 Å². The molecule has 0 radical (unpaired) electrons. The van der Waals surface area contributed by atoms with E-state index < -0.39 is 0 Å². The molecule has 1 amide bonds. The summed E-state index contributed by atoms with van der Waals surface area (Å²) in [5, 5.41) is 7.81. The summed E-state index contributed by atoms with van der Waals surface area (Å²) < 4.78 is 1.84. The Morgan fingerprint density at radius 1 is 1.42 bits per heavy atom. The van der Waals surface area contributed by atoms with Gasteiger partial charge in [-0.15, -0.1) is 10.2 Å². The van der Waals surface area contributed by atoms with Crippen molar-refractivity contribution in [1.82, 2.24) is 24.6 Å². The Bertz CT molecular complexity index is 411. The molecule has 1 saturated heterocycles. The molecule has 1 aliphatic heterocycles. The number of amides is 1. The molecule has 0 aliphatic carbocycles. The first-order valence-corrected chi connectivity index (χ1v) is 6.96. The molecule has 106 valence electrons. The van der Waals surface area contributed by atoms with Gasteiger partial charge < -0.3 is 14.4 Å². The predicted molar refractivity (Wildman–Crippen MR) is 72.4 cm³/mol. The lowest BCUT2D eigenvalue weighted by Gasteiger charge is -2.18. The zero-order chi connectivity index (χ0) is 13.7. The van der Waals surface area contributed by atoms with Gasteiger partial charge in [-0.1, -0.05) is 0 Å². The first kappa shape index (κ1) is 14.0. The summed E-state index contributed by atoms with van der Waals surface area (Å²) >= 11 is 0. The molecule has 6 heteroatoms. The van der Waals surface area contributed by atoms with E-state index >= 15 is 0 Å². The lowest BCUT2D eigenvalue weighted by Crippen LogP contribution is -2.28. The van der Waals surface area contributed by atoms with Crippen molar-refractivity contribution in [3.05, 3.63) is 12.2 Å². The lowest BCUT2D eigenvalue weighted by molar-refractivity contribution is -0.130. The molecule has 0 spiro atoms. The normalized spacial score (nSPS) is 15.9. The summed E-state index contributed by atoms with van der Waals surface area (Å²) in [5.74, 6) is 0.998. The first-order valence-electron chi connectivity index (χ1n) is 6.96. The van der Waals surface area contributed by atoms with Crippen molar-refractivity contribution in [1.29, 1.82) is 0 Å². The van der Waals surface area contributed by atoms with E-state index in [2.05, 4.69) is 15.1 Å². The Hall–Kier alpha value is -1.43. The van der Waals surface area contributed by atoms with Crippen LogP contribution >= 0.6 is 0 Å². The highest BCUT2D eigenvalue weighted by Gasteiger charge is 2.14. The maximum Gasteiger partial charge on any atom is 0.222 e. The molecular weight excluding hydrogens is 242 g/mol. The molecule has 1 fully saturated rings. The van der Waals surface area contributed by atoms with Gasteiger partial charge in [0.05, 0.1) is 6.54 Å². The van der Waals surface area contributed by atoms with Crippen LogP contribution in [0, 0.1) is 0 Å². The van der Waals surface area contributed by atoms with Crippen molar-refractivity contribution in [3.63, 3.8) is 0 Å². The SMILES string of the molecule is CN(Cc1nncn1C)C(=O)CCCN1CCCC1. The highest BCUT2D eigenvalue weighted by atomic mass is 16.2. The number of carbonyl (C=O) groups excluding carboxylic acids is 1. The van der Waals surface area contributed by atoms with Gasteiger partial charge >= 0.3 is 0 Å². The van der Waals surface area contributed by atoms with E-state index in [1.807, 2.05) is 18.7 Å². The minimum absolute atomic E-state index is 0.183. The van der Waals surface area contributed by atoms with E-state index in [-0.39, 0.29) is 5.91 Å². The molecule has 1 aromatic heterocycles. The fraction of sp³-hybridized carbons (Fsp3) is 0.769.